The van der Waals surface area contributed by atoms with Gasteiger partial charge >= 0.3 is 0 Å². The molecular formula is C25H18Cl2N4O3. The van der Waals surface area contributed by atoms with Gasteiger partial charge in [-0.1, -0.05) is 53.5 Å². The number of hydrogen-bond acceptors (Lipinski definition) is 5. The largest absolute Gasteiger partial charge is 0.438 e. The Hall–Kier alpha value is -4.07. The highest BCUT2D eigenvalue weighted by Gasteiger charge is 2.18. The Morgan fingerprint density at radius 1 is 0.765 bits per heavy atom. The van der Waals surface area contributed by atoms with Gasteiger partial charge in [-0.2, -0.15) is 0 Å². The van der Waals surface area contributed by atoms with Gasteiger partial charge in [0.2, 0.25) is 5.88 Å². The lowest BCUT2D eigenvalue weighted by atomic mass is 10.1. The molecule has 0 saturated heterocycles. The summed E-state index contributed by atoms with van der Waals surface area (Å²) in [5.74, 6) is -0.247. The molecule has 3 N–H and O–H groups in total. The van der Waals surface area contributed by atoms with Gasteiger partial charge in [-0.3, -0.25) is 20.4 Å². The van der Waals surface area contributed by atoms with Crippen LogP contribution in [0.4, 0.5) is 11.4 Å². The molecule has 170 valence electrons. The fraction of sp³-hybridized carbons (Fsp3) is 0. The van der Waals surface area contributed by atoms with E-state index in [-0.39, 0.29) is 17.0 Å². The average Bonchev–Trinajstić information content (AvgIpc) is 2.86. The minimum Gasteiger partial charge on any atom is -0.438 e. The molecule has 3 aromatic carbocycles. The zero-order chi connectivity index (χ0) is 23.9. The van der Waals surface area contributed by atoms with Gasteiger partial charge in [-0.15, -0.1) is 0 Å². The van der Waals surface area contributed by atoms with Crippen LogP contribution in [0.3, 0.4) is 0 Å². The molecule has 0 saturated carbocycles. The Labute approximate surface area is 205 Å². The molecule has 0 aliphatic carbocycles. The number of para-hydroxylation sites is 2. The highest BCUT2D eigenvalue weighted by atomic mass is 35.5. The normalized spacial score (nSPS) is 10.3. The maximum Gasteiger partial charge on any atom is 0.271 e. The van der Waals surface area contributed by atoms with E-state index in [4.69, 9.17) is 27.9 Å². The van der Waals surface area contributed by atoms with Gasteiger partial charge in [0.15, 0.2) is 0 Å². The van der Waals surface area contributed by atoms with Crippen LogP contribution in [0, 0.1) is 0 Å². The van der Waals surface area contributed by atoms with Crippen LogP contribution >= 0.6 is 23.2 Å². The quantitative estimate of drug-likeness (QED) is 0.267. The minimum atomic E-state index is -0.475. The van der Waals surface area contributed by atoms with Crippen LogP contribution < -0.4 is 20.9 Å². The van der Waals surface area contributed by atoms with Crippen molar-refractivity contribution in [2.75, 3.05) is 10.7 Å². The van der Waals surface area contributed by atoms with Gasteiger partial charge < -0.3 is 10.1 Å². The number of anilines is 2. The van der Waals surface area contributed by atoms with Crippen molar-refractivity contribution in [2.24, 2.45) is 0 Å². The van der Waals surface area contributed by atoms with Crippen LogP contribution in [0.15, 0.2) is 91.1 Å². The van der Waals surface area contributed by atoms with Crippen LogP contribution in [0.2, 0.25) is 10.0 Å². The number of hydrazine groups is 1. The van der Waals surface area contributed by atoms with Crippen molar-refractivity contribution in [3.8, 4) is 11.6 Å². The van der Waals surface area contributed by atoms with Crippen LogP contribution in [-0.4, -0.2) is 16.8 Å². The number of amides is 2. The van der Waals surface area contributed by atoms with E-state index in [1.54, 1.807) is 66.7 Å². The predicted molar refractivity (Wildman–Crippen MR) is 133 cm³/mol. The van der Waals surface area contributed by atoms with Gasteiger partial charge in [0.05, 0.1) is 27.0 Å². The zero-order valence-corrected chi connectivity index (χ0v) is 19.1. The number of benzene rings is 3. The number of carbonyl (C=O) groups excluding carboxylic acids is 2. The Kier molecular flexibility index (Phi) is 7.27. The number of halogens is 2. The standard InChI is InChI=1S/C25H18Cl2N4O3/c26-20-13-12-16(15-21(20)27)30-31-24(33)18-9-4-5-11-22(18)29-23(32)19-10-6-14-28-25(19)34-17-7-2-1-3-8-17/h1-15,30H,(H,29,32)(H,31,33). The molecule has 0 radical (unpaired) electrons. The number of ether oxygens (including phenoxy) is 1. The molecule has 9 heteroatoms. The van der Waals surface area contributed by atoms with Crippen LogP contribution in [0.25, 0.3) is 0 Å². The summed E-state index contributed by atoms with van der Waals surface area (Å²) < 4.78 is 5.77. The van der Waals surface area contributed by atoms with E-state index in [9.17, 15) is 9.59 Å². The minimum absolute atomic E-state index is 0.148. The van der Waals surface area contributed by atoms with E-state index in [2.05, 4.69) is 21.2 Å². The maximum atomic E-state index is 13.0. The highest BCUT2D eigenvalue weighted by molar-refractivity contribution is 6.42. The third-order valence-corrected chi connectivity index (χ3v) is 5.37. The molecule has 0 unspecified atom stereocenters. The first-order valence-corrected chi connectivity index (χ1v) is 10.9. The number of nitrogens with one attached hydrogen (secondary N) is 3. The lowest BCUT2D eigenvalue weighted by Crippen LogP contribution is -2.30. The molecule has 0 atom stereocenters. The van der Waals surface area contributed by atoms with Gasteiger partial charge in [0.25, 0.3) is 11.8 Å². The van der Waals surface area contributed by atoms with Crippen molar-refractivity contribution < 1.29 is 14.3 Å². The molecule has 4 aromatic rings. The molecule has 0 fully saturated rings. The average molecular weight is 493 g/mol. The fourth-order valence-electron chi connectivity index (χ4n) is 3.00. The summed E-state index contributed by atoms with van der Waals surface area (Å²) in [5.41, 5.74) is 6.68. The van der Waals surface area contributed by atoms with E-state index >= 15 is 0 Å². The molecule has 34 heavy (non-hydrogen) atoms. The number of pyridine rings is 1. The topological polar surface area (TPSA) is 92.4 Å². The molecule has 1 aromatic heterocycles. The Bertz CT molecular complexity index is 1330. The van der Waals surface area contributed by atoms with Gasteiger partial charge in [-0.05, 0) is 54.6 Å². The molecule has 0 spiro atoms. The van der Waals surface area contributed by atoms with Crippen LogP contribution in [-0.2, 0) is 0 Å². The monoisotopic (exact) mass is 492 g/mol. The molecule has 1 heterocycles. The van der Waals surface area contributed by atoms with E-state index < -0.39 is 11.8 Å². The third-order valence-electron chi connectivity index (χ3n) is 4.63. The molecule has 0 aliphatic heterocycles. The van der Waals surface area contributed by atoms with E-state index in [0.29, 0.717) is 27.2 Å². The second-order valence-corrected chi connectivity index (χ2v) is 7.79. The summed E-state index contributed by atoms with van der Waals surface area (Å²) in [6.07, 6.45) is 1.53. The SMILES string of the molecule is O=C(NNc1ccc(Cl)c(Cl)c1)c1ccccc1NC(=O)c1cccnc1Oc1ccccc1. The summed E-state index contributed by atoms with van der Waals surface area (Å²) in [6, 6.07) is 23.7. The molecule has 2 amide bonds. The first kappa shape index (κ1) is 23.1. The third kappa shape index (κ3) is 5.64. The molecule has 0 bridgehead atoms. The summed E-state index contributed by atoms with van der Waals surface area (Å²) in [7, 11) is 0. The van der Waals surface area contributed by atoms with Crippen molar-refractivity contribution in [1.82, 2.24) is 10.4 Å². The van der Waals surface area contributed by atoms with Crippen molar-refractivity contribution in [3.05, 3.63) is 112 Å². The summed E-state index contributed by atoms with van der Waals surface area (Å²) in [6.45, 7) is 0. The first-order valence-electron chi connectivity index (χ1n) is 10.1. The van der Waals surface area contributed by atoms with E-state index in [1.807, 2.05) is 18.2 Å². The molecule has 0 aliphatic rings. The lowest BCUT2D eigenvalue weighted by molar-refractivity contribution is 0.0963. The van der Waals surface area contributed by atoms with Gasteiger partial charge in [0, 0.05) is 6.20 Å². The van der Waals surface area contributed by atoms with Crippen molar-refractivity contribution in [2.45, 2.75) is 0 Å². The smallest absolute Gasteiger partial charge is 0.271 e. The van der Waals surface area contributed by atoms with Crippen LogP contribution in [0.1, 0.15) is 20.7 Å². The summed E-state index contributed by atoms with van der Waals surface area (Å²) in [4.78, 5) is 30.0. The summed E-state index contributed by atoms with van der Waals surface area (Å²) in [5, 5.41) is 3.51. The molecular weight excluding hydrogens is 475 g/mol. The summed E-state index contributed by atoms with van der Waals surface area (Å²) >= 11 is 11.9. The number of nitrogens with zero attached hydrogens (tertiary/aromatic N) is 1. The Morgan fingerprint density at radius 3 is 2.29 bits per heavy atom. The van der Waals surface area contributed by atoms with E-state index in [0.717, 1.165) is 0 Å². The van der Waals surface area contributed by atoms with Crippen molar-refractivity contribution in [3.63, 3.8) is 0 Å². The molecule has 7 nitrogen and oxygen atoms in total. The zero-order valence-electron chi connectivity index (χ0n) is 17.6. The number of rotatable bonds is 7. The number of hydrogen-bond donors (Lipinski definition) is 3. The second-order valence-electron chi connectivity index (χ2n) is 6.98. The number of aromatic nitrogens is 1. The van der Waals surface area contributed by atoms with Crippen molar-refractivity contribution >= 4 is 46.4 Å². The van der Waals surface area contributed by atoms with Crippen LogP contribution in [0.5, 0.6) is 11.6 Å². The number of carbonyl (C=O) groups is 2. The molecule has 4 rings (SSSR count). The highest BCUT2D eigenvalue weighted by Crippen LogP contribution is 2.26. The predicted octanol–water partition coefficient (Wildman–Crippen LogP) is 6.19. The second kappa shape index (κ2) is 10.7. The maximum absolute atomic E-state index is 13.0. The lowest BCUT2D eigenvalue weighted by Gasteiger charge is -2.14. The fourth-order valence-corrected chi connectivity index (χ4v) is 3.29. The Balaban J connectivity index is 1.49. The Morgan fingerprint density at radius 2 is 1.50 bits per heavy atom. The van der Waals surface area contributed by atoms with Gasteiger partial charge in [0.1, 0.15) is 11.3 Å². The first-order chi connectivity index (χ1) is 16.5. The van der Waals surface area contributed by atoms with Crippen molar-refractivity contribution in [1.29, 1.82) is 0 Å². The van der Waals surface area contributed by atoms with Gasteiger partial charge in [-0.25, -0.2) is 4.98 Å². The van der Waals surface area contributed by atoms with E-state index in [1.165, 1.54) is 6.20 Å².